The normalized spacial score (nSPS) is 17.6. The Kier molecular flexibility index (Phi) is 4.10. The van der Waals surface area contributed by atoms with Crippen molar-refractivity contribution in [3.63, 3.8) is 0 Å². The van der Waals surface area contributed by atoms with Gasteiger partial charge in [-0.1, -0.05) is 12.1 Å². The van der Waals surface area contributed by atoms with Crippen LogP contribution in [-0.2, 0) is 16.1 Å². The van der Waals surface area contributed by atoms with Gasteiger partial charge in [-0.15, -0.1) is 0 Å². The highest BCUT2D eigenvalue weighted by molar-refractivity contribution is 5.84. The quantitative estimate of drug-likeness (QED) is 0.903. The first kappa shape index (κ1) is 15.2. The van der Waals surface area contributed by atoms with Crippen molar-refractivity contribution in [1.82, 2.24) is 14.5 Å². The predicted octanol–water partition coefficient (Wildman–Crippen LogP) is 0.862. The van der Waals surface area contributed by atoms with Gasteiger partial charge < -0.3 is 10.0 Å². The van der Waals surface area contributed by atoms with Crippen molar-refractivity contribution in [3.05, 3.63) is 40.9 Å². The SMILES string of the molecule is O=C(O)[C@@H]1CCCN1C(=O)CCn1cnc2ccccc2c1=O. The number of fused-ring (bicyclic) bond motifs is 1. The highest BCUT2D eigenvalue weighted by atomic mass is 16.4. The first-order valence-corrected chi connectivity index (χ1v) is 7.54. The minimum absolute atomic E-state index is 0.0870. The predicted molar refractivity (Wildman–Crippen MR) is 83.0 cm³/mol. The molecule has 1 aromatic heterocycles. The second-order valence-electron chi connectivity index (χ2n) is 5.59. The Morgan fingerprint density at radius 2 is 2.09 bits per heavy atom. The third kappa shape index (κ3) is 2.94. The Morgan fingerprint density at radius 1 is 1.30 bits per heavy atom. The van der Waals surface area contributed by atoms with E-state index in [1.165, 1.54) is 15.8 Å². The molecule has 0 unspecified atom stereocenters. The zero-order valence-corrected chi connectivity index (χ0v) is 12.5. The molecular weight excluding hydrogens is 298 g/mol. The summed E-state index contributed by atoms with van der Waals surface area (Å²) in [7, 11) is 0. The van der Waals surface area contributed by atoms with Crippen molar-refractivity contribution in [2.45, 2.75) is 31.8 Å². The molecular formula is C16H17N3O4. The molecule has 1 aliphatic heterocycles. The highest BCUT2D eigenvalue weighted by Gasteiger charge is 2.33. The van der Waals surface area contributed by atoms with Crippen LogP contribution in [0.3, 0.4) is 0 Å². The summed E-state index contributed by atoms with van der Waals surface area (Å²) >= 11 is 0. The number of likely N-dealkylation sites (tertiary alicyclic amines) is 1. The number of carboxylic acids is 1. The summed E-state index contributed by atoms with van der Waals surface area (Å²) in [6.45, 7) is 0.652. The van der Waals surface area contributed by atoms with Crippen molar-refractivity contribution in [2.75, 3.05) is 6.54 Å². The number of benzene rings is 1. The number of hydrogen-bond donors (Lipinski definition) is 1. The Labute approximate surface area is 132 Å². The highest BCUT2D eigenvalue weighted by Crippen LogP contribution is 2.18. The molecule has 0 aliphatic carbocycles. The Morgan fingerprint density at radius 3 is 2.87 bits per heavy atom. The molecule has 1 fully saturated rings. The van der Waals surface area contributed by atoms with Crippen molar-refractivity contribution >= 4 is 22.8 Å². The summed E-state index contributed by atoms with van der Waals surface area (Å²) in [5.74, 6) is -1.21. The van der Waals surface area contributed by atoms with Crippen LogP contribution in [0, 0.1) is 0 Å². The number of carbonyl (C=O) groups is 2. The van der Waals surface area contributed by atoms with Crippen LogP contribution in [0.25, 0.3) is 10.9 Å². The molecule has 1 aliphatic rings. The first-order valence-electron chi connectivity index (χ1n) is 7.54. The number of hydrogen-bond acceptors (Lipinski definition) is 4. The minimum Gasteiger partial charge on any atom is -0.480 e. The molecule has 0 radical (unpaired) electrons. The van der Waals surface area contributed by atoms with Gasteiger partial charge in [-0.3, -0.25) is 14.2 Å². The molecule has 1 N–H and O–H groups in total. The zero-order valence-electron chi connectivity index (χ0n) is 12.5. The van der Waals surface area contributed by atoms with Crippen LogP contribution in [0.4, 0.5) is 0 Å². The van der Waals surface area contributed by atoms with Crippen molar-refractivity contribution < 1.29 is 14.7 Å². The molecule has 0 bridgehead atoms. The average molecular weight is 315 g/mol. The van der Waals surface area contributed by atoms with Crippen LogP contribution in [0.5, 0.6) is 0 Å². The lowest BCUT2D eigenvalue weighted by Crippen LogP contribution is -2.41. The number of amides is 1. The molecule has 0 spiro atoms. The monoisotopic (exact) mass is 315 g/mol. The maximum Gasteiger partial charge on any atom is 0.326 e. The summed E-state index contributed by atoms with van der Waals surface area (Å²) in [6.07, 6.45) is 2.69. The molecule has 1 atom stereocenters. The van der Waals surface area contributed by atoms with Gasteiger partial charge in [0.05, 0.1) is 17.2 Å². The van der Waals surface area contributed by atoms with E-state index in [1.807, 2.05) is 6.07 Å². The van der Waals surface area contributed by atoms with Crippen molar-refractivity contribution in [2.24, 2.45) is 0 Å². The molecule has 23 heavy (non-hydrogen) atoms. The zero-order chi connectivity index (χ0) is 16.4. The molecule has 7 nitrogen and oxygen atoms in total. The molecule has 2 heterocycles. The number of aromatic nitrogens is 2. The molecule has 7 heteroatoms. The minimum atomic E-state index is -0.972. The Hall–Kier alpha value is -2.70. The molecule has 1 saturated heterocycles. The summed E-state index contributed by atoms with van der Waals surface area (Å²) in [5.41, 5.74) is 0.421. The van der Waals surface area contributed by atoms with E-state index in [9.17, 15) is 14.4 Å². The van der Waals surface area contributed by atoms with Gasteiger partial charge in [-0.05, 0) is 25.0 Å². The number of carbonyl (C=O) groups excluding carboxylic acids is 1. The number of aryl methyl sites for hydroxylation is 1. The van der Waals surface area contributed by atoms with Crippen molar-refractivity contribution in [3.8, 4) is 0 Å². The van der Waals surface area contributed by atoms with Crippen LogP contribution in [-0.4, -0.2) is 44.0 Å². The lowest BCUT2D eigenvalue weighted by atomic mass is 10.2. The Balaban J connectivity index is 1.73. The van der Waals surface area contributed by atoms with E-state index in [4.69, 9.17) is 5.11 Å². The van der Waals surface area contributed by atoms with Gasteiger partial charge in [0.25, 0.3) is 5.56 Å². The third-order valence-electron chi connectivity index (χ3n) is 4.16. The summed E-state index contributed by atoms with van der Waals surface area (Å²) in [5, 5.41) is 9.63. The fourth-order valence-electron chi connectivity index (χ4n) is 2.95. The van der Waals surface area contributed by atoms with Gasteiger partial charge in [0.2, 0.25) is 5.91 Å². The van der Waals surface area contributed by atoms with Gasteiger partial charge in [0.15, 0.2) is 0 Å². The van der Waals surface area contributed by atoms with Crippen LogP contribution >= 0.6 is 0 Å². The smallest absolute Gasteiger partial charge is 0.326 e. The maximum absolute atomic E-state index is 12.3. The van der Waals surface area contributed by atoms with Gasteiger partial charge in [-0.25, -0.2) is 9.78 Å². The largest absolute Gasteiger partial charge is 0.480 e. The number of aliphatic carboxylic acids is 1. The summed E-state index contributed by atoms with van der Waals surface area (Å²) < 4.78 is 1.39. The lowest BCUT2D eigenvalue weighted by Gasteiger charge is -2.21. The molecule has 120 valence electrons. The van der Waals surface area contributed by atoms with E-state index >= 15 is 0 Å². The van der Waals surface area contributed by atoms with Gasteiger partial charge in [0.1, 0.15) is 6.04 Å². The molecule has 1 aromatic carbocycles. The maximum atomic E-state index is 12.3. The van der Waals surface area contributed by atoms with Crippen LogP contribution in [0.1, 0.15) is 19.3 Å². The van der Waals surface area contributed by atoms with E-state index in [2.05, 4.69) is 4.98 Å². The fraction of sp³-hybridized carbons (Fsp3) is 0.375. The standard InChI is InChI=1S/C16H17N3O4/c20-14(19-8-3-6-13(19)16(22)23)7-9-18-10-17-12-5-2-1-4-11(12)15(18)21/h1-2,4-5,10,13H,3,6-9H2,(H,22,23)/t13-/m0/s1. The van der Waals surface area contributed by atoms with Crippen LogP contribution in [0.2, 0.25) is 0 Å². The van der Waals surface area contributed by atoms with E-state index in [1.54, 1.807) is 18.2 Å². The van der Waals surface area contributed by atoms with E-state index < -0.39 is 12.0 Å². The second-order valence-corrected chi connectivity index (χ2v) is 5.59. The third-order valence-corrected chi connectivity index (χ3v) is 4.16. The van der Waals surface area contributed by atoms with Crippen LogP contribution < -0.4 is 5.56 Å². The first-order chi connectivity index (χ1) is 11.1. The number of rotatable bonds is 4. The number of para-hydroxylation sites is 1. The molecule has 3 rings (SSSR count). The second kappa shape index (κ2) is 6.20. The lowest BCUT2D eigenvalue weighted by molar-refractivity contribution is -0.148. The van der Waals surface area contributed by atoms with E-state index in [0.29, 0.717) is 30.3 Å². The van der Waals surface area contributed by atoms with Gasteiger partial charge in [-0.2, -0.15) is 0 Å². The number of nitrogens with zero attached hydrogens (tertiary/aromatic N) is 3. The average Bonchev–Trinajstić information content (AvgIpc) is 3.04. The van der Waals surface area contributed by atoms with Crippen LogP contribution in [0.15, 0.2) is 35.4 Å². The van der Waals surface area contributed by atoms with E-state index in [-0.39, 0.29) is 24.4 Å². The van der Waals surface area contributed by atoms with Gasteiger partial charge in [0, 0.05) is 19.5 Å². The summed E-state index contributed by atoms with van der Waals surface area (Å²) in [4.78, 5) is 41.3. The fourth-order valence-corrected chi connectivity index (χ4v) is 2.95. The van der Waals surface area contributed by atoms with Crippen molar-refractivity contribution in [1.29, 1.82) is 0 Å². The number of carboxylic acid groups (broad SMARTS) is 1. The van der Waals surface area contributed by atoms with E-state index in [0.717, 1.165) is 0 Å². The Bertz CT molecular complexity index is 814. The topological polar surface area (TPSA) is 92.5 Å². The molecule has 1 amide bonds. The molecule has 2 aromatic rings. The summed E-state index contributed by atoms with van der Waals surface area (Å²) in [6, 6.07) is 6.29. The van der Waals surface area contributed by atoms with Gasteiger partial charge >= 0.3 is 5.97 Å². The molecule has 0 saturated carbocycles.